The molecule has 2 fully saturated rings. The second-order valence-electron chi connectivity index (χ2n) is 12.1. The van der Waals surface area contributed by atoms with Crippen molar-refractivity contribution in [2.45, 2.75) is 31.3 Å². The number of likely N-dealkylation sites (N-methyl/N-ethyl adjacent to an activating group) is 1. The average Bonchev–Trinajstić information content (AvgIpc) is 3.40. The highest BCUT2D eigenvalue weighted by atomic mass is 79.9. The number of piperidine rings is 1. The molecule has 0 spiro atoms. The number of ketones is 1. The number of benzene rings is 2. The van der Waals surface area contributed by atoms with Crippen LogP contribution in [0.15, 0.2) is 56.3 Å². The number of nitrogens with two attached hydrogens (primary N) is 1. The number of carbonyl (C=O) groups is 3. The number of para-hydroxylation sites is 1. The number of amides is 2. The van der Waals surface area contributed by atoms with E-state index in [9.17, 15) is 19.2 Å². The zero-order chi connectivity index (χ0) is 32.5. The molecule has 0 aliphatic carbocycles. The number of nitrogen functional groups attached to an aromatic ring is 1. The highest BCUT2D eigenvalue weighted by Crippen LogP contribution is 2.31. The SMILES string of the molecule is CN1CCN(CC(=O)N[C@@H](CC(=O)c2cc(Br)c(N)c(Br)c2)C(=O)N2CCC(n3c(=O)[nH]c4c5ccccc5ncc43)CC2)CC1. The summed E-state index contributed by atoms with van der Waals surface area (Å²) < 4.78 is 2.86. The molecule has 4 aromatic rings. The van der Waals surface area contributed by atoms with E-state index >= 15 is 0 Å². The molecule has 6 rings (SSSR count). The summed E-state index contributed by atoms with van der Waals surface area (Å²) in [7, 11) is 2.04. The molecular formula is C32H36Br2N8O4. The molecule has 12 nitrogen and oxygen atoms in total. The molecule has 0 radical (unpaired) electrons. The maximum Gasteiger partial charge on any atom is 0.326 e. The highest BCUT2D eigenvalue weighted by molar-refractivity contribution is 9.11. The fourth-order valence-corrected chi connectivity index (χ4v) is 7.53. The van der Waals surface area contributed by atoms with Crippen molar-refractivity contribution in [1.29, 1.82) is 0 Å². The van der Waals surface area contributed by atoms with E-state index < -0.39 is 6.04 Å². The van der Waals surface area contributed by atoms with Gasteiger partial charge in [-0.25, -0.2) is 4.79 Å². The van der Waals surface area contributed by atoms with Crippen LogP contribution < -0.4 is 16.7 Å². The van der Waals surface area contributed by atoms with Gasteiger partial charge in [0.1, 0.15) is 6.04 Å². The van der Waals surface area contributed by atoms with E-state index in [2.05, 4.69) is 56.9 Å². The van der Waals surface area contributed by atoms with E-state index in [0.29, 0.717) is 46.1 Å². The Balaban J connectivity index is 1.18. The Kier molecular flexibility index (Phi) is 9.59. The molecule has 4 heterocycles. The number of rotatable bonds is 8. The number of imidazole rings is 1. The molecule has 2 amide bonds. The predicted octanol–water partition coefficient (Wildman–Crippen LogP) is 3.15. The lowest BCUT2D eigenvalue weighted by Gasteiger charge is -2.35. The first-order valence-corrected chi connectivity index (χ1v) is 16.9. The average molecular weight is 756 g/mol. The monoisotopic (exact) mass is 754 g/mol. The number of pyridine rings is 1. The normalized spacial score (nSPS) is 17.4. The van der Waals surface area contributed by atoms with Crippen LogP contribution in [-0.2, 0) is 9.59 Å². The smallest absolute Gasteiger partial charge is 0.326 e. The van der Waals surface area contributed by atoms with Gasteiger partial charge in [-0.2, -0.15) is 0 Å². The van der Waals surface area contributed by atoms with Crippen molar-refractivity contribution in [3.63, 3.8) is 0 Å². The minimum Gasteiger partial charge on any atom is -0.397 e. The maximum absolute atomic E-state index is 14.0. The van der Waals surface area contributed by atoms with Gasteiger partial charge in [0.05, 0.1) is 35.0 Å². The lowest BCUT2D eigenvalue weighted by molar-refractivity contribution is -0.137. The first-order chi connectivity index (χ1) is 22.1. The molecular weight excluding hydrogens is 720 g/mol. The topological polar surface area (TPSA) is 150 Å². The zero-order valence-corrected chi connectivity index (χ0v) is 28.6. The third-order valence-electron chi connectivity index (χ3n) is 8.99. The van der Waals surface area contributed by atoms with Crippen LogP contribution in [0.3, 0.4) is 0 Å². The third kappa shape index (κ3) is 6.75. The van der Waals surface area contributed by atoms with Crippen LogP contribution in [-0.4, -0.2) is 106 Å². The van der Waals surface area contributed by atoms with E-state index in [1.165, 1.54) is 0 Å². The Morgan fingerprint density at radius 1 is 1.04 bits per heavy atom. The zero-order valence-electron chi connectivity index (χ0n) is 25.5. The molecule has 14 heteroatoms. The number of H-pyrrole nitrogens is 1. The van der Waals surface area contributed by atoms with E-state index in [1.807, 2.05) is 31.3 Å². The maximum atomic E-state index is 14.0. The van der Waals surface area contributed by atoms with Gasteiger partial charge in [0.2, 0.25) is 11.8 Å². The van der Waals surface area contributed by atoms with E-state index in [4.69, 9.17) is 5.73 Å². The molecule has 46 heavy (non-hydrogen) atoms. The lowest BCUT2D eigenvalue weighted by atomic mass is 9.99. The van der Waals surface area contributed by atoms with E-state index in [1.54, 1.807) is 27.8 Å². The van der Waals surface area contributed by atoms with Crippen molar-refractivity contribution in [2.24, 2.45) is 0 Å². The summed E-state index contributed by atoms with van der Waals surface area (Å²) in [5.41, 5.74) is 8.92. The number of nitrogens with one attached hydrogen (secondary N) is 2. The van der Waals surface area contributed by atoms with Crippen LogP contribution in [0.1, 0.15) is 35.7 Å². The highest BCUT2D eigenvalue weighted by Gasteiger charge is 2.33. The van der Waals surface area contributed by atoms with Crippen molar-refractivity contribution in [1.82, 2.24) is 34.6 Å². The summed E-state index contributed by atoms with van der Waals surface area (Å²) in [6.07, 6.45) is 2.60. The molecule has 2 aromatic heterocycles. The van der Waals surface area contributed by atoms with Crippen LogP contribution >= 0.6 is 31.9 Å². The molecule has 2 aromatic carbocycles. The molecule has 0 unspecified atom stereocenters. The van der Waals surface area contributed by atoms with Gasteiger partial charge in [-0.05, 0) is 69.9 Å². The summed E-state index contributed by atoms with van der Waals surface area (Å²) in [5, 5.41) is 3.76. The summed E-state index contributed by atoms with van der Waals surface area (Å²) >= 11 is 6.77. The summed E-state index contributed by atoms with van der Waals surface area (Å²) in [6, 6.07) is 9.75. The number of halogens is 2. The summed E-state index contributed by atoms with van der Waals surface area (Å²) in [6.45, 7) is 4.12. The largest absolute Gasteiger partial charge is 0.397 e. The number of fused-ring (bicyclic) bond motifs is 3. The van der Waals surface area contributed by atoms with Gasteiger partial charge in [0.25, 0.3) is 0 Å². The second-order valence-corrected chi connectivity index (χ2v) is 13.8. The number of aromatic nitrogens is 3. The number of nitrogens with zero attached hydrogens (tertiary/aromatic N) is 5. The summed E-state index contributed by atoms with van der Waals surface area (Å²) in [4.78, 5) is 67.2. The Bertz CT molecular complexity index is 1830. The van der Waals surface area contributed by atoms with Crippen LogP contribution in [0.25, 0.3) is 21.9 Å². The number of hydrogen-bond donors (Lipinski definition) is 3. The minimum atomic E-state index is -1.04. The van der Waals surface area contributed by atoms with Crippen LogP contribution in [0, 0.1) is 0 Å². The Morgan fingerprint density at radius 2 is 1.72 bits per heavy atom. The standard InChI is InChI=1S/C32H36Br2N8O4/c1-39-10-12-40(13-11-39)18-28(44)37-25(16-27(43)19-14-22(33)29(35)23(34)15-19)31(45)41-8-6-20(7-9-41)42-26-17-36-24-5-3-2-4-21(24)30(26)38-32(42)46/h2-5,14-15,17,20,25H,6-13,16,18,35H2,1H3,(H,37,44)(H,38,46)/t25-/m0/s1. The minimum absolute atomic E-state index is 0.135. The quantitative estimate of drug-likeness (QED) is 0.184. The van der Waals surface area contributed by atoms with Gasteiger partial charge in [0.15, 0.2) is 5.78 Å². The van der Waals surface area contributed by atoms with Gasteiger partial charge in [-0.3, -0.25) is 28.8 Å². The van der Waals surface area contributed by atoms with Crippen molar-refractivity contribution < 1.29 is 14.4 Å². The first-order valence-electron chi connectivity index (χ1n) is 15.3. The number of carbonyl (C=O) groups excluding carboxylic acids is 3. The van der Waals surface area contributed by atoms with Gasteiger partial charge in [-0.1, -0.05) is 18.2 Å². The van der Waals surface area contributed by atoms with Crippen molar-refractivity contribution in [2.75, 3.05) is 58.6 Å². The van der Waals surface area contributed by atoms with Gasteiger partial charge < -0.3 is 25.8 Å². The van der Waals surface area contributed by atoms with Crippen LogP contribution in [0.2, 0.25) is 0 Å². The van der Waals surface area contributed by atoms with Crippen molar-refractivity contribution >= 4 is 77.1 Å². The Hall–Kier alpha value is -3.59. The van der Waals surface area contributed by atoms with Crippen molar-refractivity contribution in [3.8, 4) is 0 Å². The molecule has 2 saturated heterocycles. The van der Waals surface area contributed by atoms with Gasteiger partial charge >= 0.3 is 5.69 Å². The Morgan fingerprint density at radius 3 is 2.41 bits per heavy atom. The Labute approximate surface area is 282 Å². The molecule has 2 aliphatic heterocycles. The number of anilines is 1. The number of piperazine rings is 1. The number of Topliss-reactive ketones (excluding diaryl/α,β-unsaturated/α-hetero) is 1. The fourth-order valence-electron chi connectivity index (χ4n) is 6.35. The second kappa shape index (κ2) is 13.6. The molecule has 0 saturated carbocycles. The predicted molar refractivity (Wildman–Crippen MR) is 184 cm³/mol. The lowest BCUT2D eigenvalue weighted by Crippen LogP contribution is -2.54. The third-order valence-corrected chi connectivity index (χ3v) is 10.3. The number of hydrogen-bond acceptors (Lipinski definition) is 8. The van der Waals surface area contributed by atoms with Gasteiger partial charge in [-0.15, -0.1) is 0 Å². The van der Waals surface area contributed by atoms with E-state index in [0.717, 1.165) is 48.1 Å². The first kappa shape index (κ1) is 32.4. The molecule has 242 valence electrons. The fraction of sp³-hybridized carbons (Fsp3) is 0.406. The molecule has 4 N–H and O–H groups in total. The van der Waals surface area contributed by atoms with Crippen LogP contribution in [0.4, 0.5) is 5.69 Å². The summed E-state index contributed by atoms with van der Waals surface area (Å²) in [5.74, 6) is -0.902. The van der Waals surface area contributed by atoms with E-state index in [-0.39, 0.29) is 42.3 Å². The number of likely N-dealkylation sites (tertiary alicyclic amines) is 1. The number of aromatic amines is 1. The van der Waals surface area contributed by atoms with Crippen LogP contribution in [0.5, 0.6) is 0 Å². The molecule has 0 bridgehead atoms. The molecule has 2 aliphatic rings. The molecule has 1 atom stereocenters. The van der Waals surface area contributed by atoms with Crippen molar-refractivity contribution in [3.05, 3.63) is 67.6 Å². The van der Waals surface area contributed by atoms with Gasteiger partial charge in [0, 0.05) is 71.6 Å².